The second-order valence-electron chi connectivity index (χ2n) is 5.42. The normalized spacial score (nSPS) is 12.2. The van der Waals surface area contributed by atoms with Gasteiger partial charge in [-0.2, -0.15) is 0 Å². The molecular formula is C21H19NO2. The van der Waals surface area contributed by atoms with Crippen molar-refractivity contribution in [1.82, 2.24) is 0 Å². The monoisotopic (exact) mass is 317 g/mol. The molecule has 0 heterocycles. The van der Waals surface area contributed by atoms with Gasteiger partial charge in [-0.25, -0.2) is 0 Å². The van der Waals surface area contributed by atoms with Gasteiger partial charge < -0.3 is 9.84 Å². The van der Waals surface area contributed by atoms with Crippen molar-refractivity contribution in [3.63, 3.8) is 0 Å². The van der Waals surface area contributed by atoms with Crippen LogP contribution < -0.4 is 4.74 Å². The van der Waals surface area contributed by atoms with Gasteiger partial charge in [0.2, 0.25) is 0 Å². The maximum atomic E-state index is 9.93. The molecule has 0 radical (unpaired) electrons. The number of phenolic OH excluding ortho intramolecular Hbond substituents is 1. The molecule has 0 aromatic heterocycles. The van der Waals surface area contributed by atoms with Gasteiger partial charge in [0.1, 0.15) is 11.5 Å². The zero-order chi connectivity index (χ0) is 16.8. The van der Waals surface area contributed by atoms with Crippen molar-refractivity contribution in [2.75, 3.05) is 7.11 Å². The average Bonchev–Trinajstić information content (AvgIpc) is 2.65. The van der Waals surface area contributed by atoms with Gasteiger partial charge in [-0.15, -0.1) is 0 Å². The number of aliphatic imine (C=N–C) groups is 1. The highest BCUT2D eigenvalue weighted by molar-refractivity contribution is 5.83. The first-order valence-electron chi connectivity index (χ1n) is 7.78. The zero-order valence-electron chi connectivity index (χ0n) is 13.5. The van der Waals surface area contributed by atoms with E-state index in [9.17, 15) is 5.11 Å². The first kappa shape index (κ1) is 15.8. The number of benzene rings is 3. The Morgan fingerprint density at radius 1 is 0.833 bits per heavy atom. The third kappa shape index (κ3) is 3.63. The van der Waals surface area contributed by atoms with Gasteiger partial charge in [-0.3, -0.25) is 4.99 Å². The van der Waals surface area contributed by atoms with Crippen molar-refractivity contribution >= 4 is 6.21 Å². The van der Waals surface area contributed by atoms with Gasteiger partial charge in [0.05, 0.1) is 13.2 Å². The van der Waals surface area contributed by atoms with Crippen LogP contribution in [0.2, 0.25) is 0 Å². The molecule has 120 valence electrons. The number of rotatable bonds is 5. The summed E-state index contributed by atoms with van der Waals surface area (Å²) >= 11 is 0. The van der Waals surface area contributed by atoms with Crippen LogP contribution >= 0.6 is 0 Å². The Labute approximate surface area is 141 Å². The predicted octanol–water partition coefficient (Wildman–Crippen LogP) is 4.61. The van der Waals surface area contributed by atoms with Crippen LogP contribution in [0.5, 0.6) is 11.5 Å². The summed E-state index contributed by atoms with van der Waals surface area (Å²) < 4.78 is 5.23. The van der Waals surface area contributed by atoms with Crippen LogP contribution in [0.25, 0.3) is 0 Å². The molecule has 0 aliphatic heterocycles. The van der Waals surface area contributed by atoms with E-state index in [1.54, 1.807) is 25.5 Å². The zero-order valence-corrected chi connectivity index (χ0v) is 13.5. The highest BCUT2D eigenvalue weighted by Gasteiger charge is 2.12. The van der Waals surface area contributed by atoms with E-state index in [-0.39, 0.29) is 11.8 Å². The van der Waals surface area contributed by atoms with Gasteiger partial charge in [-0.1, -0.05) is 54.6 Å². The maximum Gasteiger partial charge on any atom is 0.124 e. The lowest BCUT2D eigenvalue weighted by Crippen LogP contribution is -1.99. The summed E-state index contributed by atoms with van der Waals surface area (Å²) in [5, 5.41) is 9.93. The van der Waals surface area contributed by atoms with Crippen LogP contribution in [-0.4, -0.2) is 18.4 Å². The highest BCUT2D eigenvalue weighted by Crippen LogP contribution is 2.28. The summed E-state index contributed by atoms with van der Waals surface area (Å²) in [4.78, 5) is 4.72. The van der Waals surface area contributed by atoms with Gasteiger partial charge >= 0.3 is 0 Å². The van der Waals surface area contributed by atoms with E-state index < -0.39 is 0 Å². The van der Waals surface area contributed by atoms with Crippen LogP contribution in [0, 0.1) is 0 Å². The standard InChI is InChI=1S/C21H19NO2/c1-24-19-13-11-17(12-14-19)21(16-7-3-2-4-8-16)22-15-18-9-5-6-10-20(18)23/h2-15,21,23H,1H3/t21-/m0/s1. The Kier molecular flexibility index (Phi) is 4.92. The molecule has 0 saturated heterocycles. The van der Waals surface area contributed by atoms with Crippen molar-refractivity contribution in [3.8, 4) is 11.5 Å². The van der Waals surface area contributed by atoms with E-state index in [2.05, 4.69) is 12.1 Å². The number of para-hydroxylation sites is 1. The minimum Gasteiger partial charge on any atom is -0.507 e. The van der Waals surface area contributed by atoms with E-state index in [4.69, 9.17) is 9.73 Å². The van der Waals surface area contributed by atoms with Crippen LogP contribution in [0.3, 0.4) is 0 Å². The molecule has 0 saturated carbocycles. The lowest BCUT2D eigenvalue weighted by Gasteiger charge is -2.14. The van der Waals surface area contributed by atoms with Crippen LogP contribution in [0.15, 0.2) is 83.9 Å². The molecule has 3 aromatic carbocycles. The first-order valence-corrected chi connectivity index (χ1v) is 7.78. The number of hydrogen-bond acceptors (Lipinski definition) is 3. The summed E-state index contributed by atoms with van der Waals surface area (Å²) in [7, 11) is 1.65. The second kappa shape index (κ2) is 7.47. The van der Waals surface area contributed by atoms with E-state index in [0.717, 1.165) is 16.9 Å². The first-order chi connectivity index (χ1) is 11.8. The summed E-state index contributed by atoms with van der Waals surface area (Å²) in [5.41, 5.74) is 2.86. The molecule has 0 fully saturated rings. The quantitative estimate of drug-likeness (QED) is 0.698. The molecule has 0 aliphatic carbocycles. The largest absolute Gasteiger partial charge is 0.507 e. The number of methoxy groups -OCH3 is 1. The molecule has 24 heavy (non-hydrogen) atoms. The van der Waals surface area contributed by atoms with Crippen molar-refractivity contribution in [3.05, 3.63) is 95.6 Å². The van der Waals surface area contributed by atoms with Crippen LogP contribution in [0.1, 0.15) is 22.7 Å². The Balaban J connectivity index is 1.97. The predicted molar refractivity (Wildman–Crippen MR) is 97.0 cm³/mol. The molecular weight excluding hydrogens is 298 g/mol. The van der Waals surface area contributed by atoms with E-state index >= 15 is 0 Å². The number of aromatic hydroxyl groups is 1. The molecule has 0 spiro atoms. The minimum absolute atomic E-state index is 0.142. The van der Waals surface area contributed by atoms with Crippen LogP contribution in [-0.2, 0) is 0 Å². The number of hydrogen-bond donors (Lipinski definition) is 1. The lowest BCUT2D eigenvalue weighted by atomic mass is 9.99. The van der Waals surface area contributed by atoms with Crippen molar-refractivity contribution in [2.24, 2.45) is 4.99 Å². The van der Waals surface area contributed by atoms with E-state index in [1.807, 2.05) is 54.6 Å². The summed E-state index contributed by atoms with van der Waals surface area (Å²) in [6.45, 7) is 0. The van der Waals surface area contributed by atoms with Crippen molar-refractivity contribution < 1.29 is 9.84 Å². The third-order valence-electron chi connectivity index (χ3n) is 3.85. The Morgan fingerprint density at radius 2 is 1.46 bits per heavy atom. The molecule has 0 amide bonds. The van der Waals surface area contributed by atoms with Gasteiger partial charge in [0, 0.05) is 11.8 Å². The molecule has 3 nitrogen and oxygen atoms in total. The summed E-state index contributed by atoms with van der Waals surface area (Å²) in [5.74, 6) is 1.04. The number of ether oxygens (including phenoxy) is 1. The number of phenols is 1. The molecule has 0 aliphatic rings. The molecule has 0 unspecified atom stereocenters. The van der Waals surface area contributed by atoms with Crippen molar-refractivity contribution in [2.45, 2.75) is 6.04 Å². The summed E-state index contributed by atoms with van der Waals surface area (Å²) in [6, 6.07) is 25.0. The van der Waals surface area contributed by atoms with E-state index in [1.165, 1.54) is 0 Å². The Hall–Kier alpha value is -3.07. The van der Waals surface area contributed by atoms with E-state index in [0.29, 0.717) is 5.56 Å². The fraction of sp³-hybridized carbons (Fsp3) is 0.0952. The smallest absolute Gasteiger partial charge is 0.124 e. The van der Waals surface area contributed by atoms with Gasteiger partial charge in [0.15, 0.2) is 0 Å². The Morgan fingerprint density at radius 3 is 2.12 bits per heavy atom. The van der Waals surface area contributed by atoms with Gasteiger partial charge in [-0.05, 0) is 35.4 Å². The third-order valence-corrected chi connectivity index (χ3v) is 3.85. The second-order valence-corrected chi connectivity index (χ2v) is 5.42. The number of nitrogens with zero attached hydrogens (tertiary/aromatic N) is 1. The lowest BCUT2D eigenvalue weighted by molar-refractivity contribution is 0.414. The SMILES string of the molecule is COc1ccc([C@@H](N=Cc2ccccc2O)c2ccccc2)cc1. The molecule has 3 aromatic rings. The average molecular weight is 317 g/mol. The van der Waals surface area contributed by atoms with Crippen molar-refractivity contribution in [1.29, 1.82) is 0 Å². The molecule has 1 N–H and O–H groups in total. The fourth-order valence-electron chi connectivity index (χ4n) is 2.54. The highest BCUT2D eigenvalue weighted by atomic mass is 16.5. The molecule has 3 heteroatoms. The Bertz CT molecular complexity index is 811. The topological polar surface area (TPSA) is 41.8 Å². The molecule has 0 bridgehead atoms. The summed E-state index contributed by atoms with van der Waals surface area (Å²) in [6.07, 6.45) is 1.72. The van der Waals surface area contributed by atoms with Crippen LogP contribution in [0.4, 0.5) is 0 Å². The molecule has 1 atom stereocenters. The maximum absolute atomic E-state index is 9.93. The van der Waals surface area contributed by atoms with Gasteiger partial charge in [0.25, 0.3) is 0 Å². The fourth-order valence-corrected chi connectivity index (χ4v) is 2.54. The molecule has 3 rings (SSSR count). The minimum atomic E-state index is -0.142.